The molecule has 28 heavy (non-hydrogen) atoms. The van der Waals surface area contributed by atoms with Gasteiger partial charge in [-0.2, -0.15) is 0 Å². The van der Waals surface area contributed by atoms with Crippen LogP contribution in [-0.4, -0.2) is 94.7 Å². The van der Waals surface area contributed by atoms with Crippen molar-refractivity contribution in [3.05, 3.63) is 0 Å². The van der Waals surface area contributed by atoms with Crippen LogP contribution in [0.2, 0.25) is 0 Å². The Labute approximate surface area is 159 Å². The predicted octanol–water partition coefficient (Wildman–Crippen LogP) is -3.79. The van der Waals surface area contributed by atoms with Gasteiger partial charge in [-0.3, -0.25) is 24.0 Å². The number of aliphatic hydroxyl groups is 6. The van der Waals surface area contributed by atoms with E-state index in [-0.39, 0.29) is 0 Å². The van der Waals surface area contributed by atoms with E-state index in [1.807, 2.05) is 0 Å². The topological polar surface area (TPSA) is 207 Å². The molecular formula is C17H24O11. The van der Waals surface area contributed by atoms with Gasteiger partial charge in [-0.05, 0) is 34.6 Å². The smallest absolute Gasteiger partial charge is 0.200 e. The Morgan fingerprint density at radius 2 is 1.00 bits per heavy atom. The van der Waals surface area contributed by atoms with E-state index < -0.39 is 69.4 Å². The van der Waals surface area contributed by atoms with Crippen LogP contribution >= 0.6 is 0 Å². The molecule has 1 rings (SSSR count). The van der Waals surface area contributed by atoms with Gasteiger partial charge in [0.05, 0.1) is 6.61 Å². The highest BCUT2D eigenvalue weighted by Gasteiger charge is 2.90. The molecule has 0 spiro atoms. The molecule has 0 aromatic carbocycles. The van der Waals surface area contributed by atoms with E-state index in [2.05, 4.69) is 0 Å². The van der Waals surface area contributed by atoms with Crippen molar-refractivity contribution in [2.24, 2.45) is 5.41 Å². The fraction of sp³-hybridized carbons (Fsp3) is 0.706. The van der Waals surface area contributed by atoms with Crippen LogP contribution in [0.3, 0.4) is 0 Å². The highest BCUT2D eigenvalue weighted by Crippen LogP contribution is 2.59. The third kappa shape index (κ3) is 2.06. The van der Waals surface area contributed by atoms with Crippen molar-refractivity contribution >= 4 is 28.9 Å². The van der Waals surface area contributed by atoms with Crippen LogP contribution in [0.1, 0.15) is 34.6 Å². The molecule has 0 bridgehead atoms. The van der Waals surface area contributed by atoms with Gasteiger partial charge in [-0.15, -0.1) is 0 Å². The minimum Gasteiger partial charge on any atom is -0.395 e. The number of carbonyl (C=O) groups is 5. The highest BCUT2D eigenvalue weighted by atomic mass is 16.4. The molecule has 0 amide bonds. The number of carbonyl (C=O) groups excluding carboxylic acids is 5. The molecule has 11 nitrogen and oxygen atoms in total. The van der Waals surface area contributed by atoms with Crippen molar-refractivity contribution in [2.45, 2.75) is 63.1 Å². The van der Waals surface area contributed by atoms with E-state index in [1.54, 1.807) is 0 Å². The van der Waals surface area contributed by atoms with E-state index >= 15 is 0 Å². The van der Waals surface area contributed by atoms with Crippen molar-refractivity contribution in [3.63, 3.8) is 0 Å². The lowest BCUT2D eigenvalue weighted by Gasteiger charge is -2.65. The molecule has 0 aromatic heterocycles. The summed E-state index contributed by atoms with van der Waals surface area (Å²) >= 11 is 0. The van der Waals surface area contributed by atoms with Crippen LogP contribution in [0.5, 0.6) is 0 Å². The van der Waals surface area contributed by atoms with Gasteiger partial charge in [-0.25, -0.2) is 0 Å². The zero-order chi connectivity index (χ0) is 22.7. The summed E-state index contributed by atoms with van der Waals surface area (Å²) in [6.07, 6.45) is -2.97. The summed E-state index contributed by atoms with van der Waals surface area (Å²) in [5, 5.41) is 65.0. The number of Topliss-reactive ketones (excluding diaryl/α,β-unsaturated/α-hetero) is 5. The maximum Gasteiger partial charge on any atom is 0.200 e. The summed E-state index contributed by atoms with van der Waals surface area (Å²) in [7, 11) is 0. The van der Waals surface area contributed by atoms with Gasteiger partial charge < -0.3 is 30.6 Å². The lowest BCUT2D eigenvalue weighted by atomic mass is 9.41. The summed E-state index contributed by atoms with van der Waals surface area (Å²) in [5.41, 5.74) is -18.7. The third-order valence-corrected chi connectivity index (χ3v) is 6.05. The molecule has 0 radical (unpaired) electrons. The van der Waals surface area contributed by atoms with Crippen molar-refractivity contribution in [2.75, 3.05) is 6.61 Å². The van der Waals surface area contributed by atoms with E-state index in [4.69, 9.17) is 0 Å². The minimum atomic E-state index is -3.99. The van der Waals surface area contributed by atoms with Crippen LogP contribution in [0.15, 0.2) is 0 Å². The third-order valence-electron chi connectivity index (χ3n) is 6.05. The Morgan fingerprint density at radius 3 is 1.21 bits per heavy atom. The van der Waals surface area contributed by atoms with E-state index in [1.165, 1.54) is 0 Å². The van der Waals surface area contributed by atoms with Crippen LogP contribution in [0.25, 0.3) is 0 Å². The van der Waals surface area contributed by atoms with Gasteiger partial charge in [0.25, 0.3) is 0 Å². The highest BCUT2D eigenvalue weighted by molar-refractivity contribution is 6.12. The van der Waals surface area contributed by atoms with Gasteiger partial charge in [0, 0.05) is 0 Å². The summed E-state index contributed by atoms with van der Waals surface area (Å²) < 4.78 is 0. The molecular weight excluding hydrogens is 380 g/mol. The number of hydrogen-bond acceptors (Lipinski definition) is 11. The number of rotatable bonds is 6. The summed E-state index contributed by atoms with van der Waals surface area (Å²) in [6.45, 7) is 1.17. The molecule has 0 heterocycles. The van der Waals surface area contributed by atoms with Gasteiger partial charge in [0.15, 0.2) is 39.9 Å². The molecule has 1 saturated carbocycles. The van der Waals surface area contributed by atoms with Crippen molar-refractivity contribution in [1.29, 1.82) is 0 Å². The quantitative estimate of drug-likeness (QED) is 0.253. The van der Waals surface area contributed by atoms with Gasteiger partial charge in [-0.1, -0.05) is 0 Å². The molecule has 6 atom stereocenters. The number of hydrogen-bond donors (Lipinski definition) is 6. The minimum absolute atomic E-state index is 0.516. The van der Waals surface area contributed by atoms with Crippen molar-refractivity contribution in [3.8, 4) is 0 Å². The van der Waals surface area contributed by atoms with Gasteiger partial charge >= 0.3 is 0 Å². The van der Waals surface area contributed by atoms with E-state index in [9.17, 15) is 54.6 Å². The fourth-order valence-electron chi connectivity index (χ4n) is 4.42. The summed E-state index contributed by atoms with van der Waals surface area (Å²) in [4.78, 5) is 61.9. The van der Waals surface area contributed by atoms with Crippen LogP contribution < -0.4 is 0 Å². The predicted molar refractivity (Wildman–Crippen MR) is 88.7 cm³/mol. The Hall–Kier alpha value is -1.89. The molecule has 0 saturated heterocycles. The molecule has 0 aliphatic heterocycles. The van der Waals surface area contributed by atoms with Gasteiger partial charge in [0.1, 0.15) is 17.3 Å². The lowest BCUT2D eigenvalue weighted by molar-refractivity contribution is -0.345. The molecule has 11 heteroatoms. The second-order valence-electron chi connectivity index (χ2n) is 7.21. The average molecular weight is 404 g/mol. The van der Waals surface area contributed by atoms with E-state index in [0.717, 1.165) is 0 Å². The Balaban J connectivity index is 4.50. The van der Waals surface area contributed by atoms with E-state index in [0.29, 0.717) is 34.6 Å². The van der Waals surface area contributed by atoms with Crippen molar-refractivity contribution < 1.29 is 54.6 Å². The molecule has 6 N–H and O–H groups in total. The first-order valence-electron chi connectivity index (χ1n) is 8.17. The molecule has 0 unspecified atom stereocenters. The largest absolute Gasteiger partial charge is 0.395 e. The zero-order valence-electron chi connectivity index (χ0n) is 16.0. The Morgan fingerprint density at radius 1 is 0.643 bits per heavy atom. The standard InChI is InChI=1S/C17H24O11/c1-7(19)13(6-18)12(24)14(25,8(2)20)16(27,10(4)22)17(28,11(5)23)15(13,26)9(3)21/h12,18,24-28H,6H2,1-5H3/t12-,13+,14-,15+,16-,17+/m1/s1. The van der Waals surface area contributed by atoms with Crippen LogP contribution in [0, 0.1) is 5.41 Å². The summed E-state index contributed by atoms with van der Waals surface area (Å²) in [5.74, 6) is -7.95. The maximum absolute atomic E-state index is 12.4. The number of ketones is 5. The fourth-order valence-corrected chi connectivity index (χ4v) is 4.42. The first kappa shape index (κ1) is 24.1. The lowest BCUT2D eigenvalue weighted by Crippen LogP contribution is -2.95. The zero-order valence-corrected chi connectivity index (χ0v) is 16.0. The Bertz CT molecular complexity index is 775. The molecule has 158 valence electrons. The monoisotopic (exact) mass is 404 g/mol. The summed E-state index contributed by atoms with van der Waals surface area (Å²) in [6, 6.07) is 0. The molecule has 1 aliphatic carbocycles. The van der Waals surface area contributed by atoms with Crippen LogP contribution in [-0.2, 0) is 24.0 Å². The first-order valence-corrected chi connectivity index (χ1v) is 8.17. The normalized spacial score (nSPS) is 43.3. The first-order chi connectivity index (χ1) is 12.4. The molecule has 1 fully saturated rings. The van der Waals surface area contributed by atoms with Gasteiger partial charge in [0.2, 0.25) is 5.60 Å². The number of aliphatic hydroxyl groups excluding tert-OH is 2. The second-order valence-corrected chi connectivity index (χ2v) is 7.21. The second kappa shape index (κ2) is 6.58. The van der Waals surface area contributed by atoms with Crippen LogP contribution in [0.4, 0.5) is 0 Å². The molecule has 0 aromatic rings. The van der Waals surface area contributed by atoms with Crippen molar-refractivity contribution in [1.82, 2.24) is 0 Å². The maximum atomic E-state index is 12.4. The Kier molecular flexibility index (Phi) is 5.67. The molecule has 1 aliphatic rings. The average Bonchev–Trinajstić information content (AvgIpc) is 2.57. The SMILES string of the molecule is CC(=O)[C@]1(O)[C@](O)(C(C)=O)[C@@](CO)(C(C)=O)[C@@H](O)[C@](O)(C(C)=O)[C@]1(O)C(C)=O.